The summed E-state index contributed by atoms with van der Waals surface area (Å²) in [6, 6.07) is 0. The molecule has 4 heteroatoms. The smallest absolute Gasteiger partial charge is 0.244 e. The van der Waals surface area contributed by atoms with Crippen molar-refractivity contribution < 1.29 is 9.59 Å². The third-order valence-electron chi connectivity index (χ3n) is 2.65. The molecule has 0 aromatic rings. The van der Waals surface area contributed by atoms with Gasteiger partial charge in [0.2, 0.25) is 11.8 Å². The van der Waals surface area contributed by atoms with Crippen LogP contribution < -0.4 is 11.5 Å². The van der Waals surface area contributed by atoms with E-state index < -0.39 is 11.8 Å². The fourth-order valence-corrected chi connectivity index (χ4v) is 1.45. The molecule has 0 aromatic heterocycles. The molecule has 2 amide bonds. The van der Waals surface area contributed by atoms with Crippen molar-refractivity contribution in [3.8, 4) is 0 Å². The molecule has 0 heterocycles. The second-order valence-corrected chi connectivity index (χ2v) is 4.20. The normalized spacial score (nSPS) is 9.88. The van der Waals surface area contributed by atoms with Gasteiger partial charge in [-0.15, -0.1) is 0 Å². The highest BCUT2D eigenvalue weighted by Crippen LogP contribution is 2.12. The highest BCUT2D eigenvalue weighted by molar-refractivity contribution is 5.91. The zero-order chi connectivity index (χ0) is 13.3. The van der Waals surface area contributed by atoms with Gasteiger partial charge >= 0.3 is 0 Å². The van der Waals surface area contributed by atoms with Crippen LogP contribution in [-0.2, 0) is 9.59 Å². The number of nitrogens with two attached hydrogens (primary N) is 2. The average Bonchev–Trinajstić information content (AvgIpc) is 2.26. The van der Waals surface area contributed by atoms with Crippen molar-refractivity contribution in [2.75, 3.05) is 0 Å². The zero-order valence-corrected chi connectivity index (χ0v) is 10.3. The van der Waals surface area contributed by atoms with Crippen molar-refractivity contribution in [3.63, 3.8) is 0 Å². The van der Waals surface area contributed by atoms with E-state index in [1.807, 2.05) is 0 Å². The van der Waals surface area contributed by atoms with Crippen LogP contribution in [0, 0.1) is 0 Å². The van der Waals surface area contributed by atoms with E-state index in [2.05, 4.69) is 13.2 Å². The van der Waals surface area contributed by atoms with Crippen LogP contribution in [0.25, 0.3) is 0 Å². The molecule has 0 rings (SSSR count). The topological polar surface area (TPSA) is 86.2 Å². The van der Waals surface area contributed by atoms with Crippen molar-refractivity contribution in [1.29, 1.82) is 0 Å². The first kappa shape index (κ1) is 15.4. The maximum absolute atomic E-state index is 10.7. The molecule has 0 aliphatic heterocycles. The third-order valence-corrected chi connectivity index (χ3v) is 2.65. The Balaban J connectivity index is 3.36. The minimum absolute atomic E-state index is 0.414. The lowest BCUT2D eigenvalue weighted by Gasteiger charge is -2.03. The molecule has 4 N–H and O–H groups in total. The molecule has 0 radical (unpaired) electrons. The first-order chi connectivity index (χ1) is 7.95. The van der Waals surface area contributed by atoms with Crippen LogP contribution in [0.2, 0.25) is 0 Å². The Morgan fingerprint density at radius 1 is 0.706 bits per heavy atom. The van der Waals surface area contributed by atoms with Crippen molar-refractivity contribution >= 4 is 11.8 Å². The van der Waals surface area contributed by atoms with Gasteiger partial charge in [-0.1, -0.05) is 32.4 Å². The molecule has 0 fully saturated rings. The van der Waals surface area contributed by atoms with E-state index in [4.69, 9.17) is 11.5 Å². The fourth-order valence-electron chi connectivity index (χ4n) is 1.45. The van der Waals surface area contributed by atoms with Crippen LogP contribution >= 0.6 is 0 Å². The molecule has 0 saturated heterocycles. The molecule has 0 spiro atoms. The molecule has 96 valence electrons. The van der Waals surface area contributed by atoms with E-state index in [1.165, 1.54) is 0 Å². The number of hydrogen-bond donors (Lipinski definition) is 2. The molecule has 0 bridgehead atoms. The monoisotopic (exact) mass is 238 g/mol. The SMILES string of the molecule is C=C(CCCCCCCC(=C)C(N)=O)C(N)=O. The second kappa shape index (κ2) is 8.56. The lowest BCUT2D eigenvalue weighted by atomic mass is 10.0. The Hall–Kier alpha value is -1.58. The first-order valence-corrected chi connectivity index (χ1v) is 5.90. The lowest BCUT2D eigenvalue weighted by Crippen LogP contribution is -2.13. The Labute approximate surface area is 103 Å². The van der Waals surface area contributed by atoms with Gasteiger partial charge in [0.1, 0.15) is 0 Å². The average molecular weight is 238 g/mol. The molecular formula is C13H22N2O2. The second-order valence-electron chi connectivity index (χ2n) is 4.20. The van der Waals surface area contributed by atoms with Gasteiger partial charge in [-0.25, -0.2) is 0 Å². The standard InChI is InChI=1S/C13H22N2O2/c1-10(12(14)16)8-6-4-3-5-7-9-11(2)13(15)17/h1-9H2,(H2,14,16)(H2,15,17). The molecule has 0 aliphatic rings. The Kier molecular flexibility index (Phi) is 7.76. The number of rotatable bonds is 10. The van der Waals surface area contributed by atoms with Crippen LogP contribution in [0.5, 0.6) is 0 Å². The third kappa shape index (κ3) is 8.25. The summed E-state index contributed by atoms with van der Waals surface area (Å²) in [6.45, 7) is 7.19. The Morgan fingerprint density at radius 2 is 1.00 bits per heavy atom. The zero-order valence-electron chi connectivity index (χ0n) is 10.3. The minimum Gasteiger partial charge on any atom is -0.366 e. The van der Waals surface area contributed by atoms with Gasteiger partial charge in [-0.05, 0) is 25.7 Å². The van der Waals surface area contributed by atoms with Gasteiger partial charge in [-0.3, -0.25) is 9.59 Å². The van der Waals surface area contributed by atoms with Crippen LogP contribution in [0.1, 0.15) is 44.9 Å². The van der Waals surface area contributed by atoms with E-state index >= 15 is 0 Å². The lowest BCUT2D eigenvalue weighted by molar-refractivity contribution is -0.115. The maximum atomic E-state index is 10.7. The van der Waals surface area contributed by atoms with Crippen molar-refractivity contribution in [1.82, 2.24) is 0 Å². The van der Waals surface area contributed by atoms with Gasteiger partial charge in [0, 0.05) is 11.1 Å². The predicted octanol–water partition coefficient (Wildman–Crippen LogP) is 1.80. The van der Waals surface area contributed by atoms with E-state index in [0.29, 0.717) is 24.0 Å². The van der Waals surface area contributed by atoms with Gasteiger partial charge in [0.15, 0.2) is 0 Å². The highest BCUT2D eigenvalue weighted by Gasteiger charge is 2.02. The summed E-state index contributed by atoms with van der Waals surface area (Å²) in [5.41, 5.74) is 11.1. The van der Waals surface area contributed by atoms with E-state index in [1.54, 1.807) is 0 Å². The molecular weight excluding hydrogens is 216 g/mol. The molecule has 0 aliphatic carbocycles. The summed E-state index contributed by atoms with van der Waals surface area (Å²) in [6.07, 6.45) is 6.34. The predicted molar refractivity (Wildman–Crippen MR) is 69.0 cm³/mol. The number of amides is 2. The van der Waals surface area contributed by atoms with Crippen molar-refractivity contribution in [2.24, 2.45) is 11.5 Å². The number of carbonyl (C=O) groups is 2. The van der Waals surface area contributed by atoms with Gasteiger partial charge in [0.25, 0.3) is 0 Å². The summed E-state index contributed by atoms with van der Waals surface area (Å²) < 4.78 is 0. The minimum atomic E-state index is -0.414. The largest absolute Gasteiger partial charge is 0.366 e. The maximum Gasteiger partial charge on any atom is 0.244 e. The van der Waals surface area contributed by atoms with E-state index in [0.717, 1.165) is 32.1 Å². The summed E-state index contributed by atoms with van der Waals surface area (Å²) in [5.74, 6) is -0.828. The quantitative estimate of drug-likeness (QED) is 0.449. The van der Waals surface area contributed by atoms with Crippen molar-refractivity contribution in [3.05, 3.63) is 24.3 Å². The number of hydrogen-bond acceptors (Lipinski definition) is 2. The van der Waals surface area contributed by atoms with Gasteiger partial charge in [0.05, 0.1) is 0 Å². The molecule has 0 saturated carbocycles. The number of unbranched alkanes of at least 4 members (excludes halogenated alkanes) is 4. The van der Waals surface area contributed by atoms with Crippen LogP contribution in [0.4, 0.5) is 0 Å². The van der Waals surface area contributed by atoms with Crippen LogP contribution in [0.3, 0.4) is 0 Å². The van der Waals surface area contributed by atoms with E-state index in [9.17, 15) is 9.59 Å². The van der Waals surface area contributed by atoms with Gasteiger partial charge < -0.3 is 11.5 Å². The Bertz CT molecular complexity index is 279. The molecule has 0 aromatic carbocycles. The molecule has 0 unspecified atom stereocenters. The molecule has 17 heavy (non-hydrogen) atoms. The number of primary amides is 2. The molecule has 0 atom stereocenters. The van der Waals surface area contributed by atoms with Crippen LogP contribution in [-0.4, -0.2) is 11.8 Å². The van der Waals surface area contributed by atoms with E-state index in [-0.39, 0.29) is 0 Å². The summed E-state index contributed by atoms with van der Waals surface area (Å²) >= 11 is 0. The van der Waals surface area contributed by atoms with Crippen LogP contribution in [0.15, 0.2) is 24.3 Å². The van der Waals surface area contributed by atoms with Gasteiger partial charge in [-0.2, -0.15) is 0 Å². The summed E-state index contributed by atoms with van der Waals surface area (Å²) in [4.78, 5) is 21.3. The highest BCUT2D eigenvalue weighted by atomic mass is 16.1. The number of carbonyl (C=O) groups excluding carboxylic acids is 2. The first-order valence-electron chi connectivity index (χ1n) is 5.90. The summed E-state index contributed by atoms with van der Waals surface area (Å²) in [5, 5.41) is 0. The van der Waals surface area contributed by atoms with Crippen molar-refractivity contribution in [2.45, 2.75) is 44.9 Å². The summed E-state index contributed by atoms with van der Waals surface area (Å²) in [7, 11) is 0. The molecule has 4 nitrogen and oxygen atoms in total. The Morgan fingerprint density at radius 3 is 1.29 bits per heavy atom. The fraction of sp³-hybridized carbons (Fsp3) is 0.538.